The van der Waals surface area contributed by atoms with Crippen LogP contribution in [-0.4, -0.2) is 11.9 Å². The Morgan fingerprint density at radius 2 is 1.85 bits per heavy atom. The van der Waals surface area contributed by atoms with Gasteiger partial charge in [0.1, 0.15) is 17.6 Å². The summed E-state index contributed by atoms with van der Waals surface area (Å²) >= 11 is 0. The predicted octanol–water partition coefficient (Wildman–Crippen LogP) is 3.81. The summed E-state index contributed by atoms with van der Waals surface area (Å²) in [6.07, 6.45) is 1.76. The number of hydrogen-bond donors (Lipinski definition) is 0. The van der Waals surface area contributed by atoms with Gasteiger partial charge in [-0.1, -0.05) is 30.3 Å². The Labute approximate surface area is 119 Å². The Balaban J connectivity index is 1.86. The fraction of sp³-hybridized carbons (Fsp3) is 0.278. The largest absolute Gasteiger partial charge is 0.490 e. The van der Waals surface area contributed by atoms with E-state index in [1.807, 2.05) is 12.1 Å². The maximum absolute atomic E-state index is 11.1. The van der Waals surface area contributed by atoms with Crippen LogP contribution < -0.4 is 4.74 Å². The van der Waals surface area contributed by atoms with Crippen LogP contribution in [-0.2, 0) is 17.6 Å². The van der Waals surface area contributed by atoms with Crippen molar-refractivity contribution in [3.8, 4) is 16.9 Å². The summed E-state index contributed by atoms with van der Waals surface area (Å²) in [4.78, 5) is 11.1. The van der Waals surface area contributed by atoms with Crippen LogP contribution >= 0.6 is 0 Å². The van der Waals surface area contributed by atoms with Gasteiger partial charge >= 0.3 is 0 Å². The lowest BCUT2D eigenvalue weighted by atomic mass is 9.99. The van der Waals surface area contributed by atoms with Crippen LogP contribution in [0.5, 0.6) is 5.75 Å². The van der Waals surface area contributed by atoms with Crippen molar-refractivity contribution in [2.24, 2.45) is 0 Å². The van der Waals surface area contributed by atoms with Crippen molar-refractivity contribution >= 4 is 5.78 Å². The number of benzene rings is 2. The zero-order valence-electron chi connectivity index (χ0n) is 11.8. The van der Waals surface area contributed by atoms with Crippen LogP contribution in [0, 0.1) is 0 Å². The molecule has 0 aliphatic carbocycles. The summed E-state index contributed by atoms with van der Waals surface area (Å²) < 4.78 is 5.72. The maximum Gasteiger partial charge on any atom is 0.134 e. The molecule has 20 heavy (non-hydrogen) atoms. The van der Waals surface area contributed by atoms with Gasteiger partial charge in [-0.3, -0.25) is 4.79 Å². The highest BCUT2D eigenvalue weighted by molar-refractivity contribution is 5.78. The number of carbonyl (C=O) groups is 1. The van der Waals surface area contributed by atoms with Gasteiger partial charge in [0.15, 0.2) is 0 Å². The van der Waals surface area contributed by atoms with Gasteiger partial charge in [0.2, 0.25) is 0 Å². The van der Waals surface area contributed by atoms with E-state index in [9.17, 15) is 4.79 Å². The van der Waals surface area contributed by atoms with E-state index in [1.165, 1.54) is 16.7 Å². The number of ketones is 1. The first-order valence-electron chi connectivity index (χ1n) is 7.00. The van der Waals surface area contributed by atoms with E-state index in [4.69, 9.17) is 4.74 Å². The van der Waals surface area contributed by atoms with Crippen molar-refractivity contribution in [3.63, 3.8) is 0 Å². The molecular weight excluding hydrogens is 248 g/mol. The Morgan fingerprint density at radius 3 is 2.55 bits per heavy atom. The zero-order valence-corrected chi connectivity index (χ0v) is 11.8. The van der Waals surface area contributed by atoms with E-state index >= 15 is 0 Å². The topological polar surface area (TPSA) is 26.3 Å². The van der Waals surface area contributed by atoms with Gasteiger partial charge in [-0.15, -0.1) is 0 Å². The summed E-state index contributed by atoms with van der Waals surface area (Å²) in [7, 11) is 0. The number of carbonyl (C=O) groups excluding carboxylic acids is 1. The van der Waals surface area contributed by atoms with Gasteiger partial charge in [-0.25, -0.2) is 0 Å². The molecule has 0 N–H and O–H groups in total. The van der Waals surface area contributed by atoms with Crippen LogP contribution in [0.15, 0.2) is 42.5 Å². The van der Waals surface area contributed by atoms with Gasteiger partial charge in [-0.2, -0.15) is 0 Å². The second kappa shape index (κ2) is 5.12. The Kier molecular flexibility index (Phi) is 3.31. The molecule has 2 aromatic carbocycles. The molecule has 102 valence electrons. The molecule has 0 saturated carbocycles. The third-order valence-corrected chi connectivity index (χ3v) is 3.64. The van der Waals surface area contributed by atoms with Crippen LogP contribution in [0.2, 0.25) is 0 Å². The lowest BCUT2D eigenvalue weighted by Gasteiger charge is -2.06. The normalized spacial score (nSPS) is 16.6. The monoisotopic (exact) mass is 266 g/mol. The Morgan fingerprint density at radius 1 is 1.15 bits per heavy atom. The minimum atomic E-state index is 0.196. The number of fused-ring (bicyclic) bond motifs is 1. The van der Waals surface area contributed by atoms with E-state index in [1.54, 1.807) is 6.92 Å². The molecule has 2 heteroatoms. The smallest absolute Gasteiger partial charge is 0.134 e. The molecule has 0 radical (unpaired) electrons. The minimum Gasteiger partial charge on any atom is -0.490 e. The molecule has 2 nitrogen and oxygen atoms in total. The summed E-state index contributed by atoms with van der Waals surface area (Å²) in [5, 5.41) is 0. The van der Waals surface area contributed by atoms with Crippen molar-refractivity contribution in [3.05, 3.63) is 53.6 Å². The van der Waals surface area contributed by atoms with Crippen molar-refractivity contribution in [2.45, 2.75) is 32.8 Å². The number of Topliss-reactive ketones (excluding diaryl/α,β-unsaturated/α-hetero) is 1. The molecule has 0 saturated heterocycles. The molecular formula is C18H18O2. The molecule has 0 spiro atoms. The molecule has 1 unspecified atom stereocenters. The molecule has 0 aromatic heterocycles. The van der Waals surface area contributed by atoms with Crippen molar-refractivity contribution in [1.29, 1.82) is 0 Å². The number of rotatable bonds is 3. The minimum absolute atomic E-state index is 0.196. The summed E-state index contributed by atoms with van der Waals surface area (Å²) in [6, 6.07) is 14.6. The molecule has 2 aromatic rings. The quantitative estimate of drug-likeness (QED) is 0.844. The second-order valence-corrected chi connectivity index (χ2v) is 5.53. The van der Waals surface area contributed by atoms with Crippen LogP contribution in [0.4, 0.5) is 0 Å². The summed E-state index contributed by atoms with van der Waals surface area (Å²) in [6.45, 7) is 3.71. The molecule has 0 fully saturated rings. The Bertz CT molecular complexity index is 641. The van der Waals surface area contributed by atoms with Crippen LogP contribution in [0.3, 0.4) is 0 Å². The molecule has 0 bridgehead atoms. The fourth-order valence-corrected chi connectivity index (χ4v) is 2.70. The van der Waals surface area contributed by atoms with E-state index in [0.717, 1.165) is 17.7 Å². The highest BCUT2D eigenvalue weighted by Gasteiger charge is 2.19. The van der Waals surface area contributed by atoms with E-state index in [-0.39, 0.29) is 11.9 Å². The third-order valence-electron chi connectivity index (χ3n) is 3.64. The molecule has 1 heterocycles. The van der Waals surface area contributed by atoms with Crippen LogP contribution in [0.1, 0.15) is 25.0 Å². The maximum atomic E-state index is 11.1. The standard InChI is InChI=1S/C18H18O2/c1-12(19)9-14-3-5-15(6-4-14)16-7-8-18-17(11-16)10-13(2)20-18/h3-8,11,13H,9-10H2,1-2H3. The number of ether oxygens (including phenoxy) is 1. The van der Waals surface area contributed by atoms with E-state index in [2.05, 4.69) is 37.3 Å². The molecule has 3 rings (SSSR count). The highest BCUT2D eigenvalue weighted by atomic mass is 16.5. The third kappa shape index (κ3) is 2.60. The fourth-order valence-electron chi connectivity index (χ4n) is 2.70. The first-order chi connectivity index (χ1) is 9.61. The lowest BCUT2D eigenvalue weighted by Crippen LogP contribution is -2.05. The lowest BCUT2D eigenvalue weighted by molar-refractivity contribution is -0.116. The van der Waals surface area contributed by atoms with Gasteiger partial charge < -0.3 is 4.74 Å². The average molecular weight is 266 g/mol. The van der Waals surface area contributed by atoms with Gasteiger partial charge in [0.05, 0.1) is 0 Å². The molecule has 1 aliphatic rings. The summed E-state index contributed by atoms with van der Waals surface area (Å²) in [5.74, 6) is 1.20. The molecule has 0 amide bonds. The molecule has 1 atom stereocenters. The van der Waals surface area contributed by atoms with E-state index in [0.29, 0.717) is 6.42 Å². The van der Waals surface area contributed by atoms with Crippen molar-refractivity contribution in [2.75, 3.05) is 0 Å². The van der Waals surface area contributed by atoms with Gasteiger partial charge in [0.25, 0.3) is 0 Å². The second-order valence-electron chi connectivity index (χ2n) is 5.53. The summed E-state index contributed by atoms with van der Waals surface area (Å²) in [5.41, 5.74) is 4.73. The Hall–Kier alpha value is -2.09. The number of hydrogen-bond acceptors (Lipinski definition) is 2. The van der Waals surface area contributed by atoms with Gasteiger partial charge in [0, 0.05) is 12.8 Å². The first kappa shape index (κ1) is 12.9. The van der Waals surface area contributed by atoms with Crippen molar-refractivity contribution in [1.82, 2.24) is 0 Å². The molecule has 1 aliphatic heterocycles. The highest BCUT2D eigenvalue weighted by Crippen LogP contribution is 2.32. The first-order valence-corrected chi connectivity index (χ1v) is 7.00. The average Bonchev–Trinajstić information content (AvgIpc) is 2.78. The zero-order chi connectivity index (χ0) is 14.1. The predicted molar refractivity (Wildman–Crippen MR) is 80.1 cm³/mol. The van der Waals surface area contributed by atoms with Gasteiger partial charge in [-0.05, 0) is 48.2 Å². The van der Waals surface area contributed by atoms with E-state index < -0.39 is 0 Å². The van der Waals surface area contributed by atoms with Crippen molar-refractivity contribution < 1.29 is 9.53 Å². The van der Waals surface area contributed by atoms with Crippen LogP contribution in [0.25, 0.3) is 11.1 Å². The SMILES string of the molecule is CC(=O)Cc1ccc(-c2ccc3c(c2)CC(C)O3)cc1.